The Kier molecular flexibility index (Phi) is 6.45. The van der Waals surface area contributed by atoms with Crippen LogP contribution in [0.2, 0.25) is 0 Å². The van der Waals surface area contributed by atoms with Crippen molar-refractivity contribution in [3.05, 3.63) is 49.5 Å². The fourth-order valence-corrected chi connectivity index (χ4v) is 3.55. The summed E-state index contributed by atoms with van der Waals surface area (Å²) in [6.07, 6.45) is 5.16. The lowest BCUT2D eigenvalue weighted by molar-refractivity contribution is 0.525. The van der Waals surface area contributed by atoms with Crippen molar-refractivity contribution in [2.24, 2.45) is 0 Å². The van der Waals surface area contributed by atoms with Crippen molar-refractivity contribution in [3.63, 3.8) is 0 Å². The van der Waals surface area contributed by atoms with Gasteiger partial charge in [0.05, 0.1) is 2.88 Å². The summed E-state index contributed by atoms with van der Waals surface area (Å²) >= 11 is 4.20. The topological polar surface area (TPSA) is 24.9 Å². The van der Waals surface area contributed by atoms with Gasteiger partial charge in [-0.3, -0.25) is 4.98 Å². The number of rotatable bonds is 7. The molecule has 0 fully saturated rings. The van der Waals surface area contributed by atoms with Crippen LogP contribution in [0.1, 0.15) is 43.1 Å². The molecule has 0 spiro atoms. The van der Waals surface area contributed by atoms with Crippen LogP contribution in [0.25, 0.3) is 0 Å². The third-order valence-electron chi connectivity index (χ3n) is 3.34. The SMILES string of the molecule is CCCNC(Cc1ccc(CC)cn1)c1csc(I)c1. The van der Waals surface area contributed by atoms with Gasteiger partial charge in [-0.15, -0.1) is 11.3 Å². The van der Waals surface area contributed by atoms with Gasteiger partial charge in [-0.2, -0.15) is 0 Å². The van der Waals surface area contributed by atoms with E-state index >= 15 is 0 Å². The van der Waals surface area contributed by atoms with Crippen LogP contribution in [0.5, 0.6) is 0 Å². The Labute approximate surface area is 139 Å². The van der Waals surface area contributed by atoms with E-state index in [4.69, 9.17) is 0 Å². The number of nitrogens with one attached hydrogen (secondary N) is 1. The molecule has 1 unspecified atom stereocenters. The summed E-state index contributed by atoms with van der Waals surface area (Å²) in [4.78, 5) is 4.59. The predicted molar refractivity (Wildman–Crippen MR) is 95.4 cm³/mol. The molecule has 2 rings (SSSR count). The van der Waals surface area contributed by atoms with E-state index in [1.165, 1.54) is 14.0 Å². The standard InChI is InChI=1S/C16H21IN2S/c1-3-7-18-15(13-8-16(17)20-11-13)9-14-6-5-12(4-2)10-19-14/h5-6,8,10-11,15,18H,3-4,7,9H2,1-2H3. The highest BCUT2D eigenvalue weighted by Gasteiger charge is 2.13. The van der Waals surface area contributed by atoms with Crippen LogP contribution in [-0.2, 0) is 12.8 Å². The average Bonchev–Trinajstić information content (AvgIpc) is 2.90. The molecular weight excluding hydrogens is 379 g/mol. The number of aromatic nitrogens is 1. The molecule has 1 atom stereocenters. The van der Waals surface area contributed by atoms with E-state index in [0.29, 0.717) is 6.04 Å². The highest BCUT2D eigenvalue weighted by molar-refractivity contribution is 14.1. The Balaban J connectivity index is 2.10. The summed E-state index contributed by atoms with van der Waals surface area (Å²) in [6, 6.07) is 7.00. The molecule has 2 heterocycles. The number of thiophene rings is 1. The highest BCUT2D eigenvalue weighted by Crippen LogP contribution is 2.24. The summed E-state index contributed by atoms with van der Waals surface area (Å²) in [6.45, 7) is 5.41. The van der Waals surface area contributed by atoms with E-state index in [2.05, 4.69) is 70.3 Å². The summed E-state index contributed by atoms with van der Waals surface area (Å²) in [5, 5.41) is 5.90. The molecule has 0 radical (unpaired) electrons. The zero-order chi connectivity index (χ0) is 14.4. The van der Waals surface area contributed by atoms with Crippen molar-refractivity contribution in [3.8, 4) is 0 Å². The van der Waals surface area contributed by atoms with Crippen molar-refractivity contribution in [1.29, 1.82) is 0 Å². The van der Waals surface area contributed by atoms with Crippen LogP contribution >= 0.6 is 33.9 Å². The van der Waals surface area contributed by atoms with Gasteiger partial charge in [-0.25, -0.2) is 0 Å². The highest BCUT2D eigenvalue weighted by atomic mass is 127. The number of nitrogens with zero attached hydrogens (tertiary/aromatic N) is 1. The maximum absolute atomic E-state index is 4.59. The Hall–Kier alpha value is -0.460. The second kappa shape index (κ2) is 8.10. The Bertz CT molecular complexity index is 522. The fraction of sp³-hybridized carbons (Fsp3) is 0.438. The van der Waals surface area contributed by atoms with E-state index in [9.17, 15) is 0 Å². The van der Waals surface area contributed by atoms with Gasteiger partial charge in [-0.05, 0) is 70.6 Å². The summed E-state index contributed by atoms with van der Waals surface area (Å²) in [5.41, 5.74) is 3.85. The minimum absolute atomic E-state index is 0.370. The molecule has 0 aliphatic heterocycles. The van der Waals surface area contributed by atoms with E-state index in [-0.39, 0.29) is 0 Å². The maximum atomic E-state index is 4.59. The molecule has 2 aromatic heterocycles. The van der Waals surface area contributed by atoms with Crippen LogP contribution in [0.15, 0.2) is 29.8 Å². The second-order valence-electron chi connectivity index (χ2n) is 4.91. The summed E-state index contributed by atoms with van der Waals surface area (Å²) < 4.78 is 1.34. The first kappa shape index (κ1) is 15.9. The maximum Gasteiger partial charge on any atom is 0.0656 e. The smallest absolute Gasteiger partial charge is 0.0656 e. The van der Waals surface area contributed by atoms with Crippen LogP contribution in [-0.4, -0.2) is 11.5 Å². The third-order valence-corrected chi connectivity index (χ3v) is 5.15. The largest absolute Gasteiger partial charge is 0.310 e. The van der Waals surface area contributed by atoms with Gasteiger partial charge >= 0.3 is 0 Å². The molecule has 0 aliphatic rings. The van der Waals surface area contributed by atoms with Gasteiger partial charge in [0.1, 0.15) is 0 Å². The van der Waals surface area contributed by atoms with Crippen molar-refractivity contribution in [1.82, 2.24) is 10.3 Å². The van der Waals surface area contributed by atoms with Crippen LogP contribution in [0, 0.1) is 2.88 Å². The number of hydrogen-bond acceptors (Lipinski definition) is 3. The van der Waals surface area contributed by atoms with Gasteiger partial charge in [0.25, 0.3) is 0 Å². The molecule has 0 bridgehead atoms. The lowest BCUT2D eigenvalue weighted by Crippen LogP contribution is -2.24. The Morgan fingerprint density at radius 1 is 1.35 bits per heavy atom. The molecule has 1 N–H and O–H groups in total. The zero-order valence-corrected chi connectivity index (χ0v) is 15.0. The summed E-state index contributed by atoms with van der Waals surface area (Å²) in [5.74, 6) is 0. The first-order valence-corrected chi connectivity index (χ1v) is 9.09. The predicted octanol–water partition coefficient (Wildman–Crippen LogP) is 4.59. The average molecular weight is 400 g/mol. The fourth-order valence-electron chi connectivity index (χ4n) is 2.13. The van der Waals surface area contributed by atoms with Crippen molar-refractivity contribution in [2.45, 2.75) is 39.2 Å². The lowest BCUT2D eigenvalue weighted by atomic mass is 10.0. The van der Waals surface area contributed by atoms with Gasteiger partial charge in [0.15, 0.2) is 0 Å². The van der Waals surface area contributed by atoms with Crippen LogP contribution in [0.3, 0.4) is 0 Å². The Morgan fingerprint density at radius 2 is 2.20 bits per heavy atom. The van der Waals surface area contributed by atoms with E-state index in [1.807, 2.05) is 17.5 Å². The van der Waals surface area contributed by atoms with E-state index in [1.54, 1.807) is 0 Å². The van der Waals surface area contributed by atoms with E-state index in [0.717, 1.165) is 31.5 Å². The Morgan fingerprint density at radius 3 is 2.75 bits per heavy atom. The molecule has 2 nitrogen and oxygen atoms in total. The zero-order valence-electron chi connectivity index (χ0n) is 12.0. The number of hydrogen-bond donors (Lipinski definition) is 1. The minimum Gasteiger partial charge on any atom is -0.310 e. The molecule has 0 saturated heterocycles. The van der Waals surface area contributed by atoms with Gasteiger partial charge in [0, 0.05) is 24.4 Å². The molecule has 20 heavy (non-hydrogen) atoms. The molecule has 4 heteroatoms. The lowest BCUT2D eigenvalue weighted by Gasteiger charge is -2.17. The molecule has 2 aromatic rings. The van der Waals surface area contributed by atoms with Crippen molar-refractivity contribution >= 4 is 33.9 Å². The van der Waals surface area contributed by atoms with Gasteiger partial charge < -0.3 is 5.32 Å². The first-order chi connectivity index (χ1) is 9.72. The van der Waals surface area contributed by atoms with E-state index < -0.39 is 0 Å². The molecule has 0 aliphatic carbocycles. The first-order valence-electron chi connectivity index (χ1n) is 7.14. The molecule has 0 saturated carbocycles. The summed E-state index contributed by atoms with van der Waals surface area (Å²) in [7, 11) is 0. The van der Waals surface area contributed by atoms with Gasteiger partial charge in [-0.1, -0.05) is 19.9 Å². The molecule has 0 aromatic carbocycles. The monoisotopic (exact) mass is 400 g/mol. The second-order valence-corrected chi connectivity index (χ2v) is 7.71. The van der Waals surface area contributed by atoms with Gasteiger partial charge in [0.2, 0.25) is 0 Å². The third kappa shape index (κ3) is 4.53. The van der Waals surface area contributed by atoms with Crippen molar-refractivity contribution in [2.75, 3.05) is 6.54 Å². The molecule has 0 amide bonds. The molecule has 108 valence electrons. The quantitative estimate of drug-likeness (QED) is 0.688. The van der Waals surface area contributed by atoms with Crippen LogP contribution in [0.4, 0.5) is 0 Å². The number of halogens is 1. The number of pyridine rings is 1. The number of aryl methyl sites for hydroxylation is 1. The van der Waals surface area contributed by atoms with Crippen molar-refractivity contribution < 1.29 is 0 Å². The molecular formula is C16H21IN2S. The minimum atomic E-state index is 0.370. The van der Waals surface area contributed by atoms with Crippen LogP contribution < -0.4 is 5.32 Å². The normalized spacial score (nSPS) is 12.6.